The van der Waals surface area contributed by atoms with Crippen LogP contribution < -0.4 is 0 Å². The van der Waals surface area contributed by atoms with Crippen LogP contribution in [0.15, 0.2) is 59.5 Å². The lowest BCUT2D eigenvalue weighted by Crippen LogP contribution is -2.50. The number of hydrogen-bond acceptors (Lipinski definition) is 5. The third-order valence-corrected chi connectivity index (χ3v) is 6.15. The molecule has 0 aliphatic carbocycles. The van der Waals surface area contributed by atoms with Crippen molar-refractivity contribution in [1.29, 1.82) is 0 Å². The Hall–Kier alpha value is -2.78. The highest BCUT2D eigenvalue weighted by Gasteiger charge is 2.32. The molecule has 2 aromatic carbocycles. The first-order chi connectivity index (χ1) is 12.4. The minimum absolute atomic E-state index is 0.0110. The van der Waals surface area contributed by atoms with E-state index in [0.717, 1.165) is 0 Å². The summed E-state index contributed by atoms with van der Waals surface area (Å²) in [6.45, 7) is 0.640. The fraction of sp³-hybridized carbons (Fsp3) is 0.235. The molecule has 0 saturated carbocycles. The van der Waals surface area contributed by atoms with Crippen LogP contribution in [0.3, 0.4) is 0 Å². The summed E-state index contributed by atoms with van der Waals surface area (Å²) in [6, 6.07) is 13.9. The van der Waals surface area contributed by atoms with E-state index < -0.39 is 20.9 Å². The minimum atomic E-state index is -3.61. The van der Waals surface area contributed by atoms with E-state index in [0.29, 0.717) is 0 Å². The molecule has 0 bridgehead atoms. The van der Waals surface area contributed by atoms with Crippen molar-refractivity contribution in [1.82, 2.24) is 9.21 Å². The number of piperazine rings is 1. The highest BCUT2D eigenvalue weighted by molar-refractivity contribution is 7.89. The maximum atomic E-state index is 12.6. The van der Waals surface area contributed by atoms with Crippen LogP contribution in [0.25, 0.3) is 0 Å². The lowest BCUT2D eigenvalue weighted by atomic mass is 10.1. The van der Waals surface area contributed by atoms with E-state index in [1.807, 2.05) is 0 Å². The number of para-hydroxylation sites is 1. The van der Waals surface area contributed by atoms with Crippen LogP contribution in [-0.4, -0.2) is 54.6 Å². The Labute approximate surface area is 150 Å². The largest absolute Gasteiger partial charge is 0.336 e. The van der Waals surface area contributed by atoms with E-state index in [9.17, 15) is 23.3 Å². The maximum absolute atomic E-state index is 12.6. The Balaban J connectivity index is 1.73. The van der Waals surface area contributed by atoms with Gasteiger partial charge in [-0.05, 0) is 18.2 Å². The van der Waals surface area contributed by atoms with Crippen molar-refractivity contribution in [2.45, 2.75) is 4.90 Å². The fourth-order valence-electron chi connectivity index (χ4n) is 2.86. The number of amides is 1. The number of sulfonamides is 1. The van der Waals surface area contributed by atoms with Crippen LogP contribution >= 0.6 is 0 Å². The van der Waals surface area contributed by atoms with Gasteiger partial charge in [0.15, 0.2) is 0 Å². The van der Waals surface area contributed by atoms with Crippen molar-refractivity contribution in [3.05, 3.63) is 70.3 Å². The molecule has 0 radical (unpaired) electrons. The highest BCUT2D eigenvalue weighted by atomic mass is 32.2. The van der Waals surface area contributed by atoms with Gasteiger partial charge in [0.25, 0.3) is 11.6 Å². The van der Waals surface area contributed by atoms with Crippen molar-refractivity contribution in [3.8, 4) is 0 Å². The maximum Gasteiger partial charge on any atom is 0.282 e. The van der Waals surface area contributed by atoms with Gasteiger partial charge < -0.3 is 4.90 Å². The summed E-state index contributed by atoms with van der Waals surface area (Å²) in [6.07, 6.45) is 0. The molecule has 0 unspecified atom stereocenters. The smallest absolute Gasteiger partial charge is 0.282 e. The number of hydrogen-bond donors (Lipinski definition) is 0. The third kappa shape index (κ3) is 3.44. The van der Waals surface area contributed by atoms with Crippen molar-refractivity contribution < 1.29 is 18.1 Å². The number of benzene rings is 2. The lowest BCUT2D eigenvalue weighted by Gasteiger charge is -2.34. The molecule has 1 fully saturated rings. The van der Waals surface area contributed by atoms with Gasteiger partial charge >= 0.3 is 0 Å². The SMILES string of the molecule is O=C(c1ccccc1[N+](=O)[O-])N1CCN(S(=O)(=O)c2ccccc2)CC1. The molecule has 3 rings (SSSR count). The molecule has 1 amide bonds. The summed E-state index contributed by atoms with van der Waals surface area (Å²) in [4.78, 5) is 24.8. The lowest BCUT2D eigenvalue weighted by molar-refractivity contribution is -0.385. The van der Waals surface area contributed by atoms with Gasteiger partial charge in [0.1, 0.15) is 5.56 Å². The van der Waals surface area contributed by atoms with E-state index in [2.05, 4.69) is 0 Å². The molecule has 8 nitrogen and oxygen atoms in total. The molecule has 26 heavy (non-hydrogen) atoms. The summed E-state index contributed by atoms with van der Waals surface area (Å²) in [5, 5.41) is 11.1. The monoisotopic (exact) mass is 375 g/mol. The number of carbonyl (C=O) groups excluding carboxylic acids is 1. The molecule has 1 aliphatic heterocycles. The molecular weight excluding hydrogens is 358 g/mol. The van der Waals surface area contributed by atoms with Gasteiger partial charge in [0.05, 0.1) is 9.82 Å². The fourth-order valence-corrected chi connectivity index (χ4v) is 4.30. The predicted molar refractivity (Wildman–Crippen MR) is 94.2 cm³/mol. The molecule has 2 aromatic rings. The molecule has 136 valence electrons. The average Bonchev–Trinajstić information content (AvgIpc) is 2.68. The Bertz CT molecular complexity index is 922. The van der Waals surface area contributed by atoms with E-state index in [4.69, 9.17) is 0 Å². The molecule has 0 N–H and O–H groups in total. The standard InChI is InChI=1S/C17H17N3O5S/c21-17(15-8-4-5-9-16(15)20(22)23)18-10-12-19(13-11-18)26(24,25)14-6-2-1-3-7-14/h1-9H,10-13H2. The van der Waals surface area contributed by atoms with Crippen LogP contribution in [0.1, 0.15) is 10.4 Å². The number of nitro groups is 1. The molecule has 1 heterocycles. The molecule has 0 aromatic heterocycles. The summed E-state index contributed by atoms with van der Waals surface area (Å²) < 4.78 is 26.5. The van der Waals surface area contributed by atoms with Crippen LogP contribution in [0, 0.1) is 10.1 Å². The third-order valence-electron chi connectivity index (χ3n) is 4.24. The summed E-state index contributed by atoms with van der Waals surface area (Å²) in [5.74, 6) is -0.464. The van der Waals surface area contributed by atoms with E-state index >= 15 is 0 Å². The molecule has 1 saturated heterocycles. The molecule has 0 spiro atoms. The first-order valence-electron chi connectivity index (χ1n) is 7.99. The predicted octanol–water partition coefficient (Wildman–Crippen LogP) is 1.74. The van der Waals surface area contributed by atoms with Crippen LogP contribution in [0.5, 0.6) is 0 Å². The van der Waals surface area contributed by atoms with Crippen LogP contribution in [0.4, 0.5) is 5.69 Å². The van der Waals surface area contributed by atoms with Gasteiger partial charge in [0.2, 0.25) is 10.0 Å². The van der Waals surface area contributed by atoms with Gasteiger partial charge in [-0.2, -0.15) is 4.31 Å². The van der Waals surface area contributed by atoms with Gasteiger partial charge in [-0.15, -0.1) is 0 Å². The van der Waals surface area contributed by atoms with Gasteiger partial charge in [-0.25, -0.2) is 8.42 Å². The summed E-state index contributed by atoms with van der Waals surface area (Å²) >= 11 is 0. The number of carbonyl (C=O) groups is 1. The number of rotatable bonds is 4. The van der Waals surface area contributed by atoms with Crippen LogP contribution in [0.2, 0.25) is 0 Å². The second-order valence-corrected chi connectivity index (χ2v) is 7.72. The first kappa shape index (κ1) is 18.0. The second-order valence-electron chi connectivity index (χ2n) is 5.78. The topological polar surface area (TPSA) is 101 Å². The summed E-state index contributed by atoms with van der Waals surface area (Å²) in [5.41, 5.74) is -0.242. The molecule has 1 aliphatic rings. The number of nitro benzene ring substituents is 1. The van der Waals surface area contributed by atoms with E-state index in [-0.39, 0.29) is 42.3 Å². The van der Waals surface area contributed by atoms with E-state index in [1.165, 1.54) is 39.5 Å². The minimum Gasteiger partial charge on any atom is -0.336 e. The Morgan fingerprint density at radius 1 is 0.923 bits per heavy atom. The zero-order valence-electron chi connectivity index (χ0n) is 13.8. The zero-order valence-corrected chi connectivity index (χ0v) is 14.6. The first-order valence-corrected chi connectivity index (χ1v) is 9.43. The van der Waals surface area contributed by atoms with Crippen molar-refractivity contribution >= 4 is 21.6 Å². The van der Waals surface area contributed by atoms with Gasteiger partial charge in [-0.1, -0.05) is 30.3 Å². The van der Waals surface area contributed by atoms with E-state index in [1.54, 1.807) is 24.3 Å². The molecule has 9 heteroatoms. The Morgan fingerprint density at radius 3 is 2.12 bits per heavy atom. The van der Waals surface area contributed by atoms with Crippen LogP contribution in [-0.2, 0) is 10.0 Å². The quantitative estimate of drug-likeness (QED) is 0.598. The van der Waals surface area contributed by atoms with Crippen molar-refractivity contribution in [2.24, 2.45) is 0 Å². The van der Waals surface area contributed by atoms with Gasteiger partial charge in [0, 0.05) is 32.2 Å². The molecular formula is C17H17N3O5S. The van der Waals surface area contributed by atoms with Crippen molar-refractivity contribution in [2.75, 3.05) is 26.2 Å². The zero-order chi connectivity index (χ0) is 18.7. The average molecular weight is 375 g/mol. The summed E-state index contributed by atoms with van der Waals surface area (Å²) in [7, 11) is -3.61. The number of nitrogens with zero attached hydrogens (tertiary/aromatic N) is 3. The van der Waals surface area contributed by atoms with Gasteiger partial charge in [-0.3, -0.25) is 14.9 Å². The van der Waals surface area contributed by atoms with Crippen molar-refractivity contribution in [3.63, 3.8) is 0 Å². The Kier molecular flexibility index (Phi) is 5.01. The Morgan fingerprint density at radius 2 is 1.50 bits per heavy atom. The second kappa shape index (κ2) is 7.22. The normalized spacial score (nSPS) is 15.6. The molecule has 0 atom stereocenters. The highest BCUT2D eigenvalue weighted by Crippen LogP contribution is 2.22.